The van der Waals surface area contributed by atoms with E-state index in [0.717, 1.165) is 20.4 Å². The lowest BCUT2D eigenvalue weighted by Crippen LogP contribution is -1.78. The van der Waals surface area contributed by atoms with Crippen LogP contribution in [0.25, 0.3) is 20.4 Å². The number of para-hydroxylation sites is 2. The van der Waals surface area contributed by atoms with Gasteiger partial charge in [-0.3, -0.25) is 0 Å². The van der Waals surface area contributed by atoms with Crippen molar-refractivity contribution < 1.29 is 17.6 Å². The molecule has 0 amide bonds. The highest BCUT2D eigenvalue weighted by Crippen LogP contribution is 2.33. The van der Waals surface area contributed by atoms with Crippen LogP contribution in [0.2, 0.25) is 0 Å². The van der Waals surface area contributed by atoms with Crippen LogP contribution < -0.4 is 0 Å². The molecule has 0 saturated heterocycles. The van der Waals surface area contributed by atoms with Gasteiger partial charge < -0.3 is 0 Å². The Morgan fingerprint density at radius 2 is 1.04 bits per heavy atom. The molecule has 0 N–H and O–H groups in total. The Morgan fingerprint density at radius 1 is 0.654 bits per heavy atom. The molecule has 0 unspecified atom stereocenters. The molecule has 136 valence electrons. The molecule has 2 aromatic carbocycles. The molecular formula is C16H10F4N2S4. The summed E-state index contributed by atoms with van der Waals surface area (Å²) in [4.78, 5) is 8.11. The highest BCUT2D eigenvalue weighted by Gasteiger charge is 2.10. The van der Waals surface area contributed by atoms with Crippen molar-refractivity contribution in [1.82, 2.24) is 9.97 Å². The zero-order chi connectivity index (χ0) is 18.5. The zero-order valence-corrected chi connectivity index (χ0v) is 16.1. The maximum Gasteiger partial charge on any atom is 0.291 e. The smallest absolute Gasteiger partial charge is 0.229 e. The molecular weight excluding hydrogens is 424 g/mol. The van der Waals surface area contributed by atoms with E-state index in [1.54, 1.807) is 0 Å². The van der Waals surface area contributed by atoms with Gasteiger partial charge in [-0.1, -0.05) is 24.3 Å². The second kappa shape index (κ2) is 9.03. The fourth-order valence-corrected chi connectivity index (χ4v) is 5.32. The van der Waals surface area contributed by atoms with E-state index in [1.165, 1.54) is 22.7 Å². The van der Waals surface area contributed by atoms with E-state index >= 15 is 0 Å². The SMILES string of the molecule is FC(F)Sc1nc2ccccc2s1.FC(F)Sc1nc2ccccc2s1. The lowest BCUT2D eigenvalue weighted by atomic mass is 10.3. The van der Waals surface area contributed by atoms with E-state index in [9.17, 15) is 17.6 Å². The first kappa shape index (κ1) is 19.4. The molecule has 0 radical (unpaired) electrons. The molecule has 0 aliphatic rings. The van der Waals surface area contributed by atoms with E-state index in [2.05, 4.69) is 9.97 Å². The van der Waals surface area contributed by atoms with Crippen LogP contribution >= 0.6 is 46.2 Å². The zero-order valence-electron chi connectivity index (χ0n) is 12.8. The fourth-order valence-electron chi connectivity index (χ4n) is 1.96. The van der Waals surface area contributed by atoms with Crippen molar-refractivity contribution in [2.24, 2.45) is 0 Å². The van der Waals surface area contributed by atoms with Crippen LogP contribution in [0.5, 0.6) is 0 Å². The lowest BCUT2D eigenvalue weighted by Gasteiger charge is -1.90. The first-order valence-electron chi connectivity index (χ1n) is 7.12. The number of thiazole rings is 2. The predicted molar refractivity (Wildman–Crippen MR) is 103 cm³/mol. The van der Waals surface area contributed by atoms with Gasteiger partial charge in [0.2, 0.25) is 0 Å². The van der Waals surface area contributed by atoms with Crippen LogP contribution in [-0.2, 0) is 0 Å². The number of nitrogens with zero attached hydrogens (tertiary/aromatic N) is 2. The van der Waals surface area contributed by atoms with Crippen molar-refractivity contribution >= 4 is 66.6 Å². The molecule has 0 spiro atoms. The topological polar surface area (TPSA) is 25.8 Å². The summed E-state index contributed by atoms with van der Waals surface area (Å²) in [6.45, 7) is 0. The van der Waals surface area contributed by atoms with Crippen molar-refractivity contribution in [1.29, 1.82) is 0 Å². The van der Waals surface area contributed by atoms with Gasteiger partial charge in [0.25, 0.3) is 11.5 Å². The molecule has 2 heterocycles. The highest BCUT2D eigenvalue weighted by atomic mass is 32.2. The van der Waals surface area contributed by atoms with Crippen LogP contribution in [-0.4, -0.2) is 21.5 Å². The molecule has 0 bridgehead atoms. The summed E-state index contributed by atoms with van der Waals surface area (Å²) in [6, 6.07) is 14.8. The largest absolute Gasteiger partial charge is 0.291 e. The van der Waals surface area contributed by atoms with E-state index in [0.29, 0.717) is 32.2 Å². The van der Waals surface area contributed by atoms with Gasteiger partial charge >= 0.3 is 0 Å². The van der Waals surface area contributed by atoms with Crippen LogP contribution in [0, 0.1) is 0 Å². The molecule has 0 fully saturated rings. The summed E-state index contributed by atoms with van der Waals surface area (Å²) in [5, 5.41) is 0. The van der Waals surface area contributed by atoms with Gasteiger partial charge in [0.15, 0.2) is 8.68 Å². The highest BCUT2D eigenvalue weighted by molar-refractivity contribution is 8.01. The second-order valence-corrected chi connectivity index (χ2v) is 9.19. The average molecular weight is 435 g/mol. The van der Waals surface area contributed by atoms with Crippen molar-refractivity contribution in [2.45, 2.75) is 20.2 Å². The molecule has 26 heavy (non-hydrogen) atoms. The van der Waals surface area contributed by atoms with Crippen molar-refractivity contribution in [2.75, 3.05) is 0 Å². The molecule has 4 aromatic rings. The monoisotopic (exact) mass is 434 g/mol. The number of hydrogen-bond acceptors (Lipinski definition) is 6. The summed E-state index contributed by atoms with van der Waals surface area (Å²) in [5.74, 6) is -4.78. The van der Waals surface area contributed by atoms with Crippen LogP contribution in [0.3, 0.4) is 0 Å². The third kappa shape index (κ3) is 5.32. The van der Waals surface area contributed by atoms with Gasteiger partial charge in [-0.2, -0.15) is 17.6 Å². The Bertz CT molecular complexity index is 840. The summed E-state index contributed by atoms with van der Waals surface area (Å²) in [5.41, 5.74) is 1.58. The van der Waals surface area contributed by atoms with Gasteiger partial charge in [0.1, 0.15) is 0 Å². The van der Waals surface area contributed by atoms with Gasteiger partial charge in [-0.05, 0) is 47.8 Å². The summed E-state index contributed by atoms with van der Waals surface area (Å²) >= 11 is 3.59. The van der Waals surface area contributed by atoms with Crippen LogP contribution in [0.4, 0.5) is 17.6 Å². The maximum absolute atomic E-state index is 12.0. The standard InChI is InChI=1S/2C8H5F2NS2/c2*9-7(10)13-8-11-5-3-1-2-4-6(5)12-8/h2*1-4,7H. The van der Waals surface area contributed by atoms with Gasteiger partial charge in [-0.25, -0.2) is 9.97 Å². The molecule has 0 aliphatic carbocycles. The minimum Gasteiger partial charge on any atom is -0.229 e. The van der Waals surface area contributed by atoms with Crippen molar-refractivity contribution in [3.05, 3.63) is 48.5 Å². The normalized spacial score (nSPS) is 11.3. The Morgan fingerprint density at radius 3 is 1.38 bits per heavy atom. The third-order valence-corrected chi connectivity index (χ3v) is 6.61. The number of benzene rings is 2. The minimum atomic E-state index is -2.39. The molecule has 0 aliphatic heterocycles. The average Bonchev–Trinajstić information content (AvgIpc) is 3.16. The Hall–Kier alpha value is -1.36. The summed E-state index contributed by atoms with van der Waals surface area (Å²) in [7, 11) is 0. The van der Waals surface area contributed by atoms with Crippen molar-refractivity contribution in [3.63, 3.8) is 0 Å². The van der Waals surface area contributed by atoms with Crippen LogP contribution in [0.15, 0.2) is 57.2 Å². The first-order chi connectivity index (χ1) is 12.5. The molecule has 4 rings (SSSR count). The summed E-state index contributed by atoms with van der Waals surface area (Å²) in [6.07, 6.45) is 0. The predicted octanol–water partition coefficient (Wildman–Crippen LogP) is 7.22. The number of aromatic nitrogens is 2. The van der Waals surface area contributed by atoms with Crippen LogP contribution in [0.1, 0.15) is 0 Å². The number of fused-ring (bicyclic) bond motifs is 2. The number of halogens is 4. The third-order valence-electron chi connectivity index (χ3n) is 2.93. The van der Waals surface area contributed by atoms with E-state index in [4.69, 9.17) is 0 Å². The Balaban J connectivity index is 0.000000151. The molecule has 2 aromatic heterocycles. The number of alkyl halides is 4. The molecule has 0 atom stereocenters. The van der Waals surface area contributed by atoms with Crippen molar-refractivity contribution in [3.8, 4) is 0 Å². The van der Waals surface area contributed by atoms with E-state index in [-0.39, 0.29) is 0 Å². The summed E-state index contributed by atoms with van der Waals surface area (Å²) < 4.78 is 50.7. The number of thioether (sulfide) groups is 2. The number of rotatable bonds is 4. The van der Waals surface area contributed by atoms with E-state index in [1.807, 2.05) is 48.5 Å². The second-order valence-electron chi connectivity index (χ2n) is 4.65. The minimum absolute atomic E-state index is 0.427. The lowest BCUT2D eigenvalue weighted by molar-refractivity contribution is 0.251. The molecule has 0 saturated carbocycles. The van der Waals surface area contributed by atoms with E-state index < -0.39 is 11.5 Å². The maximum atomic E-state index is 12.0. The van der Waals surface area contributed by atoms with Gasteiger partial charge in [-0.15, -0.1) is 22.7 Å². The fraction of sp³-hybridized carbons (Fsp3) is 0.125. The molecule has 10 heteroatoms. The Labute approximate surface area is 162 Å². The molecule has 2 nitrogen and oxygen atoms in total. The number of hydrogen-bond donors (Lipinski definition) is 0. The van der Waals surface area contributed by atoms with Gasteiger partial charge in [0, 0.05) is 0 Å². The first-order valence-corrected chi connectivity index (χ1v) is 10.5. The quantitative estimate of drug-likeness (QED) is 0.250. The Kier molecular flexibility index (Phi) is 6.74. The van der Waals surface area contributed by atoms with Gasteiger partial charge in [0.05, 0.1) is 20.4 Å².